The molecule has 3 nitrogen and oxygen atoms in total. The van der Waals surface area contributed by atoms with Crippen LogP contribution >= 0.6 is 0 Å². The van der Waals surface area contributed by atoms with Crippen LogP contribution < -0.4 is 5.32 Å². The van der Waals surface area contributed by atoms with Gasteiger partial charge in [0.15, 0.2) is 9.84 Å². The van der Waals surface area contributed by atoms with E-state index in [9.17, 15) is 8.42 Å². The van der Waals surface area contributed by atoms with Crippen molar-refractivity contribution in [2.24, 2.45) is 0 Å². The number of nitrogens with one attached hydrogen (secondary N) is 1. The zero-order valence-corrected chi connectivity index (χ0v) is 11.0. The number of hydrogen-bond donors (Lipinski definition) is 1. The van der Waals surface area contributed by atoms with Crippen LogP contribution in [0.4, 0.5) is 0 Å². The molecule has 0 aliphatic rings. The van der Waals surface area contributed by atoms with E-state index < -0.39 is 15.1 Å². The van der Waals surface area contributed by atoms with Gasteiger partial charge in [-0.15, -0.1) is 0 Å². The second-order valence-corrected chi connectivity index (χ2v) is 6.56. The number of aryl methyl sites for hydroxylation is 1. The van der Waals surface area contributed by atoms with E-state index in [4.69, 9.17) is 0 Å². The van der Waals surface area contributed by atoms with E-state index in [-0.39, 0.29) is 6.04 Å². The first-order valence-corrected chi connectivity index (χ1v) is 7.25. The highest BCUT2D eigenvalue weighted by Gasteiger charge is 2.26. The summed E-state index contributed by atoms with van der Waals surface area (Å²) in [6, 6.07) is 7.70. The van der Waals surface area contributed by atoms with Crippen LogP contribution in [0.2, 0.25) is 0 Å². The molecule has 0 spiro atoms. The minimum Gasteiger partial charge on any atom is -0.312 e. The van der Waals surface area contributed by atoms with Crippen LogP contribution in [0.25, 0.3) is 0 Å². The molecule has 2 atom stereocenters. The Bertz CT molecular complexity index is 454. The third-order valence-electron chi connectivity index (χ3n) is 2.98. The highest BCUT2D eigenvalue weighted by Crippen LogP contribution is 2.23. The molecule has 1 aromatic rings. The second kappa shape index (κ2) is 4.97. The molecule has 0 heterocycles. The maximum Gasteiger partial charge on any atom is 0.151 e. The average molecular weight is 241 g/mol. The SMILES string of the molecule is CNC(c1ccccc1C)C(C)S(C)(=O)=O. The van der Waals surface area contributed by atoms with Gasteiger partial charge in [-0.3, -0.25) is 0 Å². The van der Waals surface area contributed by atoms with Gasteiger partial charge in [-0.05, 0) is 32.0 Å². The second-order valence-electron chi connectivity index (χ2n) is 4.16. The molecular weight excluding hydrogens is 222 g/mol. The van der Waals surface area contributed by atoms with E-state index >= 15 is 0 Å². The Kier molecular flexibility index (Phi) is 4.10. The van der Waals surface area contributed by atoms with Gasteiger partial charge in [0.25, 0.3) is 0 Å². The molecule has 1 N–H and O–H groups in total. The standard InChI is InChI=1S/C12H19NO2S/c1-9-7-5-6-8-11(9)12(13-3)10(2)16(4,14)15/h5-8,10,12-13H,1-4H3. The summed E-state index contributed by atoms with van der Waals surface area (Å²) in [5, 5.41) is 2.65. The van der Waals surface area contributed by atoms with Crippen LogP contribution in [0.15, 0.2) is 24.3 Å². The normalized spacial score (nSPS) is 15.8. The Morgan fingerprint density at radius 3 is 2.25 bits per heavy atom. The first-order valence-electron chi connectivity index (χ1n) is 5.29. The number of sulfone groups is 1. The summed E-state index contributed by atoms with van der Waals surface area (Å²) in [6.07, 6.45) is 1.28. The molecule has 90 valence electrons. The average Bonchev–Trinajstić information content (AvgIpc) is 2.20. The summed E-state index contributed by atoms with van der Waals surface area (Å²) in [4.78, 5) is 0. The van der Waals surface area contributed by atoms with Gasteiger partial charge in [-0.2, -0.15) is 0 Å². The molecule has 2 unspecified atom stereocenters. The molecule has 0 saturated heterocycles. The van der Waals surface area contributed by atoms with Crippen LogP contribution in [0.5, 0.6) is 0 Å². The predicted molar refractivity (Wildman–Crippen MR) is 67.3 cm³/mol. The molecule has 1 rings (SSSR count). The highest BCUT2D eigenvalue weighted by molar-refractivity contribution is 7.91. The number of hydrogen-bond acceptors (Lipinski definition) is 3. The van der Waals surface area contributed by atoms with E-state index in [2.05, 4.69) is 5.32 Å². The van der Waals surface area contributed by atoms with Crippen molar-refractivity contribution in [1.82, 2.24) is 5.32 Å². The fourth-order valence-electron chi connectivity index (χ4n) is 1.83. The maximum absolute atomic E-state index is 11.6. The molecule has 0 amide bonds. The van der Waals surface area contributed by atoms with E-state index in [1.54, 1.807) is 14.0 Å². The Morgan fingerprint density at radius 1 is 1.25 bits per heavy atom. The molecule has 16 heavy (non-hydrogen) atoms. The van der Waals surface area contributed by atoms with Gasteiger partial charge < -0.3 is 5.32 Å². The number of benzene rings is 1. The Hall–Kier alpha value is -0.870. The minimum atomic E-state index is -3.04. The van der Waals surface area contributed by atoms with E-state index in [1.165, 1.54) is 6.26 Å². The van der Waals surface area contributed by atoms with Crippen molar-refractivity contribution >= 4 is 9.84 Å². The van der Waals surface area contributed by atoms with Crippen molar-refractivity contribution in [3.05, 3.63) is 35.4 Å². The van der Waals surface area contributed by atoms with Gasteiger partial charge in [0.2, 0.25) is 0 Å². The summed E-state index contributed by atoms with van der Waals surface area (Å²) < 4.78 is 23.2. The van der Waals surface area contributed by atoms with Gasteiger partial charge in [-0.1, -0.05) is 24.3 Å². The molecule has 0 saturated carbocycles. The fraction of sp³-hybridized carbons (Fsp3) is 0.500. The topological polar surface area (TPSA) is 46.2 Å². The lowest BCUT2D eigenvalue weighted by atomic mass is 9.99. The summed E-state index contributed by atoms with van der Waals surface area (Å²) in [5.41, 5.74) is 2.15. The zero-order chi connectivity index (χ0) is 12.3. The van der Waals surface area contributed by atoms with Gasteiger partial charge >= 0.3 is 0 Å². The Balaban J connectivity index is 3.14. The Morgan fingerprint density at radius 2 is 1.81 bits per heavy atom. The van der Waals surface area contributed by atoms with E-state index in [0.717, 1.165) is 11.1 Å². The van der Waals surface area contributed by atoms with E-state index in [1.807, 2.05) is 31.2 Å². The molecular formula is C12H19NO2S. The molecule has 4 heteroatoms. The quantitative estimate of drug-likeness (QED) is 0.872. The van der Waals surface area contributed by atoms with Crippen molar-refractivity contribution in [3.8, 4) is 0 Å². The van der Waals surface area contributed by atoms with Crippen molar-refractivity contribution in [2.45, 2.75) is 25.1 Å². The molecule has 1 aromatic carbocycles. The summed E-state index contributed by atoms with van der Waals surface area (Å²) in [7, 11) is -1.25. The lowest BCUT2D eigenvalue weighted by molar-refractivity contribution is 0.533. The third-order valence-corrected chi connectivity index (χ3v) is 4.60. The lowest BCUT2D eigenvalue weighted by Gasteiger charge is -2.24. The summed E-state index contributed by atoms with van der Waals surface area (Å²) >= 11 is 0. The zero-order valence-electron chi connectivity index (χ0n) is 10.2. The van der Waals surface area contributed by atoms with Crippen LogP contribution in [0.1, 0.15) is 24.1 Å². The first-order chi connectivity index (χ1) is 7.38. The van der Waals surface area contributed by atoms with Crippen LogP contribution in [-0.4, -0.2) is 27.0 Å². The molecule has 0 aliphatic heterocycles. The molecule has 0 bridgehead atoms. The third kappa shape index (κ3) is 2.83. The van der Waals surface area contributed by atoms with Gasteiger partial charge in [0.1, 0.15) is 0 Å². The van der Waals surface area contributed by atoms with Crippen LogP contribution in [-0.2, 0) is 9.84 Å². The van der Waals surface area contributed by atoms with Gasteiger partial charge in [0.05, 0.1) is 5.25 Å². The summed E-state index contributed by atoms with van der Waals surface area (Å²) in [6.45, 7) is 3.73. The molecule has 0 fully saturated rings. The monoisotopic (exact) mass is 241 g/mol. The van der Waals surface area contributed by atoms with Crippen molar-refractivity contribution in [1.29, 1.82) is 0 Å². The van der Waals surface area contributed by atoms with Crippen molar-refractivity contribution in [3.63, 3.8) is 0 Å². The van der Waals surface area contributed by atoms with Crippen LogP contribution in [0.3, 0.4) is 0 Å². The molecule has 0 aromatic heterocycles. The molecule has 0 aliphatic carbocycles. The largest absolute Gasteiger partial charge is 0.312 e. The van der Waals surface area contributed by atoms with Crippen molar-refractivity contribution < 1.29 is 8.42 Å². The number of rotatable bonds is 4. The first kappa shape index (κ1) is 13.2. The summed E-state index contributed by atoms with van der Waals surface area (Å²) in [5.74, 6) is 0. The van der Waals surface area contributed by atoms with Crippen LogP contribution in [0, 0.1) is 6.92 Å². The fourth-order valence-corrected chi connectivity index (χ4v) is 2.60. The smallest absolute Gasteiger partial charge is 0.151 e. The van der Waals surface area contributed by atoms with Gasteiger partial charge in [0, 0.05) is 12.3 Å². The highest BCUT2D eigenvalue weighted by atomic mass is 32.2. The molecule has 0 radical (unpaired) electrons. The van der Waals surface area contributed by atoms with Gasteiger partial charge in [-0.25, -0.2) is 8.42 Å². The lowest BCUT2D eigenvalue weighted by Crippen LogP contribution is -2.33. The minimum absolute atomic E-state index is 0.156. The Labute approximate surface area is 97.8 Å². The van der Waals surface area contributed by atoms with Crippen molar-refractivity contribution in [2.75, 3.05) is 13.3 Å². The van der Waals surface area contributed by atoms with E-state index in [0.29, 0.717) is 0 Å². The maximum atomic E-state index is 11.6. The predicted octanol–water partition coefficient (Wildman–Crippen LogP) is 1.69.